The van der Waals surface area contributed by atoms with Crippen LogP contribution in [0.5, 0.6) is 0 Å². The van der Waals surface area contributed by atoms with Crippen LogP contribution in [-0.2, 0) is 20.9 Å². The van der Waals surface area contributed by atoms with Crippen LogP contribution in [0.25, 0.3) is 0 Å². The maximum atomic E-state index is 12.8. The Morgan fingerprint density at radius 3 is 2.52 bits per heavy atom. The lowest BCUT2D eigenvalue weighted by Crippen LogP contribution is -2.38. The molecule has 2 atom stereocenters. The minimum Gasteiger partial charge on any atom is -0.467 e. The van der Waals surface area contributed by atoms with Crippen molar-refractivity contribution >= 4 is 5.97 Å². The lowest BCUT2D eigenvalue weighted by molar-refractivity contribution is -0.196. The SMILES string of the molecule is COC(=O)[C@@H](O)[C@H](/C=C/CCOCc1ccccc1)C(F)(F)F. The van der Waals surface area contributed by atoms with E-state index in [9.17, 15) is 23.1 Å². The number of halogens is 3. The molecule has 0 amide bonds. The third-order valence-corrected chi connectivity index (χ3v) is 3.04. The van der Waals surface area contributed by atoms with E-state index >= 15 is 0 Å². The van der Waals surface area contributed by atoms with Crippen LogP contribution in [0, 0.1) is 5.92 Å². The van der Waals surface area contributed by atoms with Crippen LogP contribution in [0.2, 0.25) is 0 Å². The Labute approximate surface area is 132 Å². The molecule has 0 spiro atoms. The lowest BCUT2D eigenvalue weighted by atomic mass is 10.0. The second-order valence-electron chi connectivity index (χ2n) is 4.79. The van der Waals surface area contributed by atoms with Crippen LogP contribution < -0.4 is 0 Å². The van der Waals surface area contributed by atoms with E-state index in [0.29, 0.717) is 6.61 Å². The molecule has 0 bridgehead atoms. The van der Waals surface area contributed by atoms with Crippen molar-refractivity contribution in [3.63, 3.8) is 0 Å². The molecule has 0 aromatic heterocycles. The zero-order valence-electron chi connectivity index (χ0n) is 12.6. The monoisotopic (exact) mass is 332 g/mol. The maximum Gasteiger partial charge on any atom is 0.398 e. The Kier molecular flexibility index (Phi) is 7.77. The van der Waals surface area contributed by atoms with Crippen molar-refractivity contribution in [3.05, 3.63) is 48.0 Å². The summed E-state index contributed by atoms with van der Waals surface area (Å²) in [5, 5.41) is 9.39. The summed E-state index contributed by atoms with van der Waals surface area (Å²) in [7, 11) is 0.917. The summed E-state index contributed by atoms with van der Waals surface area (Å²) < 4.78 is 47.9. The number of carbonyl (C=O) groups excluding carboxylic acids is 1. The summed E-state index contributed by atoms with van der Waals surface area (Å²) in [5.74, 6) is -3.62. The molecular weight excluding hydrogens is 313 g/mol. The summed E-state index contributed by atoms with van der Waals surface area (Å²) in [4.78, 5) is 11.1. The Morgan fingerprint density at radius 2 is 1.96 bits per heavy atom. The fourth-order valence-corrected chi connectivity index (χ4v) is 1.82. The highest BCUT2D eigenvalue weighted by molar-refractivity contribution is 5.75. The molecule has 1 N–H and O–H groups in total. The van der Waals surface area contributed by atoms with Crippen molar-refractivity contribution in [1.29, 1.82) is 0 Å². The van der Waals surface area contributed by atoms with E-state index < -0.39 is 24.2 Å². The summed E-state index contributed by atoms with van der Waals surface area (Å²) in [5.41, 5.74) is 0.964. The van der Waals surface area contributed by atoms with Gasteiger partial charge in [-0.05, 0) is 12.0 Å². The molecule has 23 heavy (non-hydrogen) atoms. The summed E-state index contributed by atoms with van der Waals surface area (Å²) in [6, 6.07) is 9.35. The van der Waals surface area contributed by atoms with Crippen LogP contribution in [0.4, 0.5) is 13.2 Å². The molecule has 1 rings (SSSR count). The van der Waals surface area contributed by atoms with Gasteiger partial charge < -0.3 is 14.6 Å². The largest absolute Gasteiger partial charge is 0.467 e. The quantitative estimate of drug-likeness (QED) is 0.452. The van der Waals surface area contributed by atoms with Gasteiger partial charge in [-0.25, -0.2) is 4.79 Å². The number of rotatable bonds is 8. The Balaban J connectivity index is 2.44. The molecule has 0 heterocycles. The van der Waals surface area contributed by atoms with Gasteiger partial charge >= 0.3 is 12.1 Å². The van der Waals surface area contributed by atoms with Gasteiger partial charge in [0.15, 0.2) is 6.10 Å². The maximum absolute atomic E-state index is 12.8. The van der Waals surface area contributed by atoms with Crippen LogP contribution in [-0.4, -0.2) is 37.1 Å². The molecule has 0 aliphatic carbocycles. The minimum atomic E-state index is -4.74. The number of methoxy groups -OCH3 is 1. The molecule has 0 radical (unpaired) electrons. The highest BCUT2D eigenvalue weighted by Gasteiger charge is 2.45. The van der Waals surface area contributed by atoms with E-state index in [1.54, 1.807) is 0 Å². The van der Waals surface area contributed by atoms with Crippen molar-refractivity contribution in [2.45, 2.75) is 25.3 Å². The van der Waals surface area contributed by atoms with Crippen molar-refractivity contribution in [1.82, 2.24) is 0 Å². The van der Waals surface area contributed by atoms with E-state index in [1.165, 1.54) is 6.08 Å². The molecule has 1 aromatic carbocycles. The zero-order chi connectivity index (χ0) is 17.3. The number of benzene rings is 1. The van der Waals surface area contributed by atoms with E-state index in [-0.39, 0.29) is 13.0 Å². The molecule has 128 valence electrons. The Morgan fingerprint density at radius 1 is 1.30 bits per heavy atom. The number of aliphatic hydroxyl groups is 1. The zero-order valence-corrected chi connectivity index (χ0v) is 12.6. The van der Waals surface area contributed by atoms with E-state index in [2.05, 4.69) is 4.74 Å². The summed E-state index contributed by atoms with van der Waals surface area (Å²) >= 11 is 0. The Bertz CT molecular complexity index is 500. The standard InChI is InChI=1S/C16H19F3O4/c1-22-15(21)14(20)13(16(17,18)19)9-5-6-10-23-11-12-7-3-2-4-8-12/h2-5,7-9,13-14,20H,6,10-11H2,1H3/b9-5+/t13-,14-/m0/s1. The van der Waals surface area contributed by atoms with Crippen molar-refractivity contribution < 1.29 is 32.5 Å². The fourth-order valence-electron chi connectivity index (χ4n) is 1.82. The van der Waals surface area contributed by atoms with E-state index in [0.717, 1.165) is 18.7 Å². The van der Waals surface area contributed by atoms with Gasteiger partial charge in [0, 0.05) is 0 Å². The van der Waals surface area contributed by atoms with E-state index in [1.807, 2.05) is 30.3 Å². The lowest BCUT2D eigenvalue weighted by Gasteiger charge is -2.20. The van der Waals surface area contributed by atoms with Gasteiger partial charge in [0.25, 0.3) is 0 Å². The van der Waals surface area contributed by atoms with Gasteiger partial charge in [0.1, 0.15) is 5.92 Å². The molecule has 0 unspecified atom stereocenters. The summed E-state index contributed by atoms with van der Waals surface area (Å²) in [6.45, 7) is 0.590. The number of carbonyl (C=O) groups is 1. The summed E-state index contributed by atoms with van der Waals surface area (Å²) in [6.07, 6.45) is -4.80. The molecular formula is C16H19F3O4. The van der Waals surface area contributed by atoms with Gasteiger partial charge in [-0.15, -0.1) is 0 Å². The van der Waals surface area contributed by atoms with Crippen LogP contribution >= 0.6 is 0 Å². The van der Waals surface area contributed by atoms with Crippen molar-refractivity contribution in [2.24, 2.45) is 5.92 Å². The van der Waals surface area contributed by atoms with Crippen LogP contribution in [0.1, 0.15) is 12.0 Å². The molecule has 7 heteroatoms. The predicted molar refractivity (Wildman–Crippen MR) is 77.4 cm³/mol. The van der Waals surface area contributed by atoms with Gasteiger partial charge in [-0.3, -0.25) is 0 Å². The topological polar surface area (TPSA) is 55.8 Å². The number of ether oxygens (including phenoxy) is 2. The van der Waals surface area contributed by atoms with Gasteiger partial charge in [0.2, 0.25) is 0 Å². The van der Waals surface area contributed by atoms with Crippen LogP contribution in [0.3, 0.4) is 0 Å². The first-order valence-electron chi connectivity index (χ1n) is 6.97. The number of hydrogen-bond donors (Lipinski definition) is 1. The molecule has 4 nitrogen and oxygen atoms in total. The average Bonchev–Trinajstić information content (AvgIpc) is 2.52. The normalized spacial score (nSPS) is 14.7. The minimum absolute atomic E-state index is 0.226. The average molecular weight is 332 g/mol. The molecule has 0 saturated heterocycles. The van der Waals surface area contributed by atoms with Crippen molar-refractivity contribution in [3.8, 4) is 0 Å². The highest BCUT2D eigenvalue weighted by atomic mass is 19.4. The van der Waals surface area contributed by atoms with Gasteiger partial charge in [-0.1, -0.05) is 42.5 Å². The number of hydrogen-bond acceptors (Lipinski definition) is 4. The number of aliphatic hydroxyl groups excluding tert-OH is 1. The molecule has 0 fully saturated rings. The van der Waals surface area contributed by atoms with Gasteiger partial charge in [-0.2, -0.15) is 13.2 Å². The molecule has 0 saturated carbocycles. The predicted octanol–water partition coefficient (Wildman–Crippen LogP) is 2.86. The first-order valence-corrected chi connectivity index (χ1v) is 6.97. The fraction of sp³-hybridized carbons (Fsp3) is 0.438. The molecule has 0 aliphatic rings. The third-order valence-electron chi connectivity index (χ3n) is 3.04. The number of alkyl halides is 3. The second-order valence-corrected chi connectivity index (χ2v) is 4.79. The second kappa shape index (κ2) is 9.32. The van der Waals surface area contributed by atoms with Crippen LogP contribution in [0.15, 0.2) is 42.5 Å². The number of esters is 1. The third kappa shape index (κ3) is 6.83. The first-order chi connectivity index (χ1) is 10.9. The smallest absolute Gasteiger partial charge is 0.398 e. The first kappa shape index (κ1) is 19.2. The van der Waals surface area contributed by atoms with E-state index in [4.69, 9.17) is 4.74 Å². The Hall–Kier alpha value is -1.86. The molecule has 0 aliphatic heterocycles. The highest BCUT2D eigenvalue weighted by Crippen LogP contribution is 2.30. The van der Waals surface area contributed by atoms with Gasteiger partial charge in [0.05, 0.1) is 20.3 Å². The van der Waals surface area contributed by atoms with Crippen molar-refractivity contribution in [2.75, 3.05) is 13.7 Å². The molecule has 1 aromatic rings.